The molecular formula is C20H16ClNO3S. The van der Waals surface area contributed by atoms with E-state index in [-0.39, 0.29) is 16.8 Å². The van der Waals surface area contributed by atoms with Gasteiger partial charge in [-0.2, -0.15) is 0 Å². The highest BCUT2D eigenvalue weighted by molar-refractivity contribution is 7.99. The quantitative estimate of drug-likeness (QED) is 0.603. The van der Waals surface area contributed by atoms with Crippen LogP contribution in [0.3, 0.4) is 0 Å². The Morgan fingerprint density at radius 2 is 1.92 bits per heavy atom. The predicted molar refractivity (Wildman–Crippen MR) is 105 cm³/mol. The van der Waals surface area contributed by atoms with Gasteiger partial charge in [0.05, 0.1) is 0 Å². The molecule has 132 valence electrons. The maximum Gasteiger partial charge on any atom is 0.349 e. The van der Waals surface area contributed by atoms with E-state index in [1.54, 1.807) is 35.7 Å². The zero-order valence-electron chi connectivity index (χ0n) is 14.1. The van der Waals surface area contributed by atoms with Crippen molar-refractivity contribution in [2.24, 2.45) is 0 Å². The summed E-state index contributed by atoms with van der Waals surface area (Å²) in [6.45, 7) is 2.35. The third-order valence-electron chi connectivity index (χ3n) is 4.61. The molecule has 0 aliphatic carbocycles. The first-order valence-corrected chi connectivity index (χ1v) is 9.70. The number of rotatable bonds is 2. The first-order valence-electron chi connectivity index (χ1n) is 8.27. The molecule has 3 aromatic rings. The predicted octanol–water partition coefficient (Wildman–Crippen LogP) is 4.64. The van der Waals surface area contributed by atoms with Gasteiger partial charge in [-0.05, 0) is 24.6 Å². The molecule has 1 fully saturated rings. The van der Waals surface area contributed by atoms with E-state index in [1.165, 1.54) is 0 Å². The number of carbonyl (C=O) groups is 1. The molecule has 6 heteroatoms. The molecule has 4 nitrogen and oxygen atoms in total. The van der Waals surface area contributed by atoms with Gasteiger partial charge in [-0.15, -0.1) is 11.8 Å². The monoisotopic (exact) mass is 385 g/mol. The standard InChI is InChI=1S/C20H16ClNO3S/c1-12-13-6-3-5-9-16(13)25-20(24)17(12)18(23)22-10-11-26-19(22)14-7-2-4-8-15(14)21/h2-9,19H,10-11H2,1H3. The van der Waals surface area contributed by atoms with Crippen LogP contribution in [-0.4, -0.2) is 23.1 Å². The molecule has 26 heavy (non-hydrogen) atoms. The number of fused-ring (bicyclic) bond motifs is 1. The van der Waals surface area contributed by atoms with Crippen molar-refractivity contribution in [2.75, 3.05) is 12.3 Å². The van der Waals surface area contributed by atoms with E-state index >= 15 is 0 Å². The van der Waals surface area contributed by atoms with Gasteiger partial charge in [0.15, 0.2) is 0 Å². The smallest absolute Gasteiger partial charge is 0.349 e. The number of nitrogens with zero attached hydrogens (tertiary/aromatic N) is 1. The lowest BCUT2D eigenvalue weighted by Gasteiger charge is -2.25. The van der Waals surface area contributed by atoms with Crippen LogP contribution in [-0.2, 0) is 0 Å². The number of benzene rings is 2. The maximum absolute atomic E-state index is 13.2. The molecule has 1 aromatic heterocycles. The van der Waals surface area contributed by atoms with E-state index in [2.05, 4.69) is 0 Å². The highest BCUT2D eigenvalue weighted by Crippen LogP contribution is 2.41. The third-order valence-corrected chi connectivity index (χ3v) is 6.20. The van der Waals surface area contributed by atoms with E-state index in [0.29, 0.717) is 22.7 Å². The van der Waals surface area contributed by atoms with Crippen LogP contribution in [0.5, 0.6) is 0 Å². The van der Waals surface area contributed by atoms with Crippen LogP contribution in [0, 0.1) is 6.92 Å². The summed E-state index contributed by atoms with van der Waals surface area (Å²) >= 11 is 7.97. The van der Waals surface area contributed by atoms with Gasteiger partial charge in [0.2, 0.25) is 0 Å². The fourth-order valence-electron chi connectivity index (χ4n) is 3.31. The van der Waals surface area contributed by atoms with Gasteiger partial charge in [-0.1, -0.05) is 48.0 Å². The average molecular weight is 386 g/mol. The van der Waals surface area contributed by atoms with E-state index in [9.17, 15) is 9.59 Å². The van der Waals surface area contributed by atoms with Gasteiger partial charge in [0.25, 0.3) is 5.91 Å². The normalized spacial score (nSPS) is 17.0. The van der Waals surface area contributed by atoms with Crippen LogP contribution in [0.25, 0.3) is 11.0 Å². The van der Waals surface area contributed by atoms with Crippen molar-refractivity contribution in [1.82, 2.24) is 4.90 Å². The van der Waals surface area contributed by atoms with Crippen molar-refractivity contribution >= 4 is 40.2 Å². The number of hydrogen-bond acceptors (Lipinski definition) is 4. The van der Waals surface area contributed by atoms with E-state index in [1.807, 2.05) is 36.4 Å². The highest BCUT2D eigenvalue weighted by atomic mass is 35.5. The summed E-state index contributed by atoms with van der Waals surface area (Å²) in [5, 5.41) is 1.19. The molecule has 4 rings (SSSR count). The molecule has 0 radical (unpaired) electrons. The van der Waals surface area contributed by atoms with Gasteiger partial charge in [0, 0.05) is 28.3 Å². The number of aryl methyl sites for hydroxylation is 1. The Bertz CT molecular complexity index is 1060. The van der Waals surface area contributed by atoms with Crippen LogP contribution in [0.4, 0.5) is 0 Å². The summed E-state index contributed by atoms with van der Waals surface area (Å²) in [7, 11) is 0. The summed E-state index contributed by atoms with van der Waals surface area (Å²) < 4.78 is 5.38. The summed E-state index contributed by atoms with van der Waals surface area (Å²) in [5.41, 5.74) is 1.53. The minimum Gasteiger partial charge on any atom is -0.422 e. The number of halogens is 1. The zero-order chi connectivity index (χ0) is 18.3. The highest BCUT2D eigenvalue weighted by Gasteiger charge is 2.34. The molecule has 1 unspecified atom stereocenters. The lowest BCUT2D eigenvalue weighted by atomic mass is 10.0. The second-order valence-corrected chi connectivity index (χ2v) is 7.72. The van der Waals surface area contributed by atoms with Crippen molar-refractivity contribution < 1.29 is 9.21 Å². The van der Waals surface area contributed by atoms with Crippen LogP contribution in [0.2, 0.25) is 5.02 Å². The van der Waals surface area contributed by atoms with Gasteiger partial charge in [-0.3, -0.25) is 4.79 Å². The lowest BCUT2D eigenvalue weighted by Crippen LogP contribution is -2.34. The minimum atomic E-state index is -0.596. The van der Waals surface area contributed by atoms with E-state index in [4.69, 9.17) is 16.0 Å². The topological polar surface area (TPSA) is 50.5 Å². The number of para-hydroxylation sites is 1. The summed E-state index contributed by atoms with van der Waals surface area (Å²) in [6, 6.07) is 14.7. The number of amides is 1. The molecule has 0 bridgehead atoms. The van der Waals surface area contributed by atoms with Crippen molar-refractivity contribution in [2.45, 2.75) is 12.3 Å². The van der Waals surface area contributed by atoms with E-state index < -0.39 is 5.63 Å². The first kappa shape index (κ1) is 17.2. The minimum absolute atomic E-state index is 0.100. The lowest BCUT2D eigenvalue weighted by molar-refractivity contribution is 0.0755. The Morgan fingerprint density at radius 1 is 1.19 bits per heavy atom. The molecule has 2 heterocycles. The van der Waals surface area contributed by atoms with Crippen molar-refractivity contribution in [3.05, 3.63) is 80.7 Å². The third kappa shape index (κ3) is 2.81. The summed E-state index contributed by atoms with van der Waals surface area (Å²) in [6.07, 6.45) is 0. The second kappa shape index (κ2) is 6.82. The zero-order valence-corrected chi connectivity index (χ0v) is 15.6. The Balaban J connectivity index is 1.79. The molecule has 2 aromatic carbocycles. The fraction of sp³-hybridized carbons (Fsp3) is 0.200. The molecule has 1 atom stereocenters. The Kier molecular flexibility index (Phi) is 4.51. The van der Waals surface area contributed by atoms with Crippen LogP contribution in [0.15, 0.2) is 57.7 Å². The molecular weight excluding hydrogens is 370 g/mol. The maximum atomic E-state index is 13.2. The van der Waals surface area contributed by atoms with Crippen molar-refractivity contribution in [3.63, 3.8) is 0 Å². The SMILES string of the molecule is Cc1c(C(=O)N2CCSC2c2ccccc2Cl)c(=O)oc2ccccc12. The van der Waals surface area contributed by atoms with Gasteiger partial charge < -0.3 is 9.32 Å². The van der Waals surface area contributed by atoms with E-state index in [0.717, 1.165) is 16.7 Å². The van der Waals surface area contributed by atoms with Gasteiger partial charge in [-0.25, -0.2) is 4.79 Å². The van der Waals surface area contributed by atoms with Crippen molar-refractivity contribution in [3.8, 4) is 0 Å². The molecule has 1 amide bonds. The van der Waals surface area contributed by atoms with Crippen LogP contribution in [0.1, 0.15) is 26.9 Å². The fourth-order valence-corrected chi connectivity index (χ4v) is 4.90. The molecule has 1 saturated heterocycles. The Labute approximate surface area is 159 Å². The Morgan fingerprint density at radius 3 is 2.73 bits per heavy atom. The summed E-state index contributed by atoms with van der Waals surface area (Å²) in [5.74, 6) is 0.483. The van der Waals surface area contributed by atoms with Crippen LogP contribution < -0.4 is 5.63 Å². The first-order chi connectivity index (χ1) is 12.6. The molecule has 1 aliphatic rings. The average Bonchev–Trinajstić information content (AvgIpc) is 3.11. The number of carbonyl (C=O) groups excluding carboxylic acids is 1. The molecule has 0 N–H and O–H groups in total. The summed E-state index contributed by atoms with van der Waals surface area (Å²) in [4.78, 5) is 27.5. The number of thioether (sulfide) groups is 1. The molecule has 0 spiro atoms. The van der Waals surface area contributed by atoms with Crippen LogP contribution >= 0.6 is 23.4 Å². The van der Waals surface area contributed by atoms with Gasteiger partial charge in [0.1, 0.15) is 16.5 Å². The second-order valence-electron chi connectivity index (χ2n) is 6.13. The van der Waals surface area contributed by atoms with Crippen molar-refractivity contribution in [1.29, 1.82) is 0 Å². The number of hydrogen-bond donors (Lipinski definition) is 0. The molecule has 1 aliphatic heterocycles. The molecule has 0 saturated carbocycles. The van der Waals surface area contributed by atoms with Gasteiger partial charge >= 0.3 is 5.63 Å². The largest absolute Gasteiger partial charge is 0.422 e. The Hall–Kier alpha value is -2.24.